The van der Waals surface area contributed by atoms with E-state index in [1.165, 1.54) is 0 Å². The minimum Gasteiger partial charge on any atom is -0.349 e. The molecule has 0 aliphatic carbocycles. The van der Waals surface area contributed by atoms with E-state index in [4.69, 9.17) is 5.73 Å². The van der Waals surface area contributed by atoms with Gasteiger partial charge in [0.05, 0.1) is 5.54 Å². The van der Waals surface area contributed by atoms with Crippen LogP contribution in [0.1, 0.15) is 42.6 Å². The minimum absolute atomic E-state index is 0.0313. The molecule has 0 aromatic heterocycles. The van der Waals surface area contributed by atoms with Crippen molar-refractivity contribution in [2.24, 2.45) is 5.73 Å². The zero-order valence-corrected chi connectivity index (χ0v) is 13.6. The SMILES string of the molecule is Cc1ccccc1C(=O)NC1CCN(C(=O)C(C)(C)N)CC1. The Bertz CT molecular complexity index is 555. The summed E-state index contributed by atoms with van der Waals surface area (Å²) in [6.07, 6.45) is 1.53. The Hall–Kier alpha value is -1.88. The summed E-state index contributed by atoms with van der Waals surface area (Å²) in [5, 5.41) is 3.07. The number of nitrogens with one attached hydrogen (secondary N) is 1. The molecule has 5 heteroatoms. The van der Waals surface area contributed by atoms with Gasteiger partial charge in [0.2, 0.25) is 5.91 Å². The van der Waals surface area contributed by atoms with Gasteiger partial charge in [-0.25, -0.2) is 0 Å². The molecule has 1 saturated heterocycles. The van der Waals surface area contributed by atoms with Gasteiger partial charge in [-0.05, 0) is 45.2 Å². The number of nitrogens with zero attached hydrogens (tertiary/aromatic N) is 1. The summed E-state index contributed by atoms with van der Waals surface area (Å²) in [6, 6.07) is 7.66. The van der Waals surface area contributed by atoms with E-state index in [0.717, 1.165) is 18.4 Å². The molecule has 0 spiro atoms. The second-order valence-corrected chi connectivity index (χ2v) is 6.58. The van der Waals surface area contributed by atoms with Crippen LogP contribution >= 0.6 is 0 Å². The lowest BCUT2D eigenvalue weighted by molar-refractivity contribution is -0.136. The van der Waals surface area contributed by atoms with E-state index in [-0.39, 0.29) is 17.9 Å². The van der Waals surface area contributed by atoms with Crippen molar-refractivity contribution in [2.75, 3.05) is 13.1 Å². The maximum atomic E-state index is 12.3. The normalized spacial score (nSPS) is 16.5. The third-order valence-corrected chi connectivity index (χ3v) is 4.06. The molecule has 22 heavy (non-hydrogen) atoms. The van der Waals surface area contributed by atoms with E-state index in [1.54, 1.807) is 18.7 Å². The number of likely N-dealkylation sites (tertiary alicyclic amines) is 1. The van der Waals surface area contributed by atoms with Crippen molar-refractivity contribution in [3.63, 3.8) is 0 Å². The van der Waals surface area contributed by atoms with Gasteiger partial charge in [-0.15, -0.1) is 0 Å². The first-order valence-corrected chi connectivity index (χ1v) is 7.74. The van der Waals surface area contributed by atoms with Crippen LogP contribution in [0.4, 0.5) is 0 Å². The molecule has 5 nitrogen and oxygen atoms in total. The third-order valence-electron chi connectivity index (χ3n) is 4.06. The largest absolute Gasteiger partial charge is 0.349 e. The lowest BCUT2D eigenvalue weighted by Crippen LogP contribution is -2.55. The summed E-state index contributed by atoms with van der Waals surface area (Å²) in [4.78, 5) is 26.2. The van der Waals surface area contributed by atoms with Gasteiger partial charge in [0.25, 0.3) is 5.91 Å². The van der Waals surface area contributed by atoms with E-state index < -0.39 is 5.54 Å². The second-order valence-electron chi connectivity index (χ2n) is 6.58. The first-order chi connectivity index (χ1) is 10.3. The Morgan fingerprint density at radius 1 is 1.23 bits per heavy atom. The molecule has 1 fully saturated rings. The van der Waals surface area contributed by atoms with Gasteiger partial charge in [0.15, 0.2) is 0 Å². The predicted molar refractivity (Wildman–Crippen MR) is 86.5 cm³/mol. The molecule has 2 rings (SSSR count). The number of nitrogens with two attached hydrogens (primary N) is 1. The Balaban J connectivity index is 1.89. The fourth-order valence-corrected chi connectivity index (χ4v) is 2.73. The maximum Gasteiger partial charge on any atom is 0.251 e. The number of aryl methyl sites for hydroxylation is 1. The highest BCUT2D eigenvalue weighted by Gasteiger charge is 2.31. The quantitative estimate of drug-likeness (QED) is 0.887. The van der Waals surface area contributed by atoms with Gasteiger partial charge in [-0.2, -0.15) is 0 Å². The fourth-order valence-electron chi connectivity index (χ4n) is 2.73. The summed E-state index contributed by atoms with van der Waals surface area (Å²) in [6.45, 7) is 6.65. The van der Waals surface area contributed by atoms with Gasteiger partial charge >= 0.3 is 0 Å². The van der Waals surface area contributed by atoms with Crippen LogP contribution in [0.5, 0.6) is 0 Å². The lowest BCUT2D eigenvalue weighted by atomic mass is 9.99. The average molecular weight is 303 g/mol. The van der Waals surface area contributed by atoms with Crippen molar-refractivity contribution in [1.82, 2.24) is 10.2 Å². The van der Waals surface area contributed by atoms with Crippen molar-refractivity contribution >= 4 is 11.8 Å². The fraction of sp³-hybridized carbons (Fsp3) is 0.529. The molecular weight excluding hydrogens is 278 g/mol. The number of carbonyl (C=O) groups excluding carboxylic acids is 2. The molecule has 1 aliphatic rings. The second kappa shape index (κ2) is 6.48. The molecule has 0 atom stereocenters. The van der Waals surface area contributed by atoms with Gasteiger partial charge < -0.3 is 16.0 Å². The molecule has 1 aromatic rings. The van der Waals surface area contributed by atoms with E-state index >= 15 is 0 Å². The van der Waals surface area contributed by atoms with Crippen molar-refractivity contribution in [3.8, 4) is 0 Å². The zero-order chi connectivity index (χ0) is 16.3. The van der Waals surface area contributed by atoms with Crippen LogP contribution in [0.2, 0.25) is 0 Å². The third kappa shape index (κ3) is 3.85. The number of amides is 2. The van der Waals surface area contributed by atoms with Crippen LogP contribution < -0.4 is 11.1 Å². The number of carbonyl (C=O) groups is 2. The minimum atomic E-state index is -0.836. The summed E-state index contributed by atoms with van der Waals surface area (Å²) in [5.41, 5.74) is 6.70. The first-order valence-electron chi connectivity index (χ1n) is 7.74. The Kier molecular flexibility index (Phi) is 4.86. The summed E-state index contributed by atoms with van der Waals surface area (Å²) < 4.78 is 0. The first kappa shape index (κ1) is 16.5. The maximum absolute atomic E-state index is 12.3. The monoisotopic (exact) mass is 303 g/mol. The van der Waals surface area contributed by atoms with Crippen LogP contribution in [0.25, 0.3) is 0 Å². The molecule has 3 N–H and O–H groups in total. The number of piperidine rings is 1. The van der Waals surface area contributed by atoms with Crippen molar-refractivity contribution in [2.45, 2.75) is 45.2 Å². The van der Waals surface area contributed by atoms with Gasteiger partial charge in [-0.1, -0.05) is 18.2 Å². The number of hydrogen-bond donors (Lipinski definition) is 2. The van der Waals surface area contributed by atoms with Gasteiger partial charge in [-0.3, -0.25) is 9.59 Å². The van der Waals surface area contributed by atoms with Crippen LogP contribution in [0.15, 0.2) is 24.3 Å². The molecule has 0 bridgehead atoms. The van der Waals surface area contributed by atoms with Crippen LogP contribution in [0, 0.1) is 6.92 Å². The number of benzene rings is 1. The van der Waals surface area contributed by atoms with Crippen LogP contribution in [0.3, 0.4) is 0 Å². The van der Waals surface area contributed by atoms with Crippen molar-refractivity contribution < 1.29 is 9.59 Å². The molecule has 120 valence electrons. The molecule has 1 heterocycles. The molecule has 2 amide bonds. The van der Waals surface area contributed by atoms with Gasteiger partial charge in [0.1, 0.15) is 0 Å². The van der Waals surface area contributed by atoms with E-state index in [9.17, 15) is 9.59 Å². The highest BCUT2D eigenvalue weighted by molar-refractivity contribution is 5.95. The van der Waals surface area contributed by atoms with E-state index in [0.29, 0.717) is 18.7 Å². The molecule has 0 radical (unpaired) electrons. The molecule has 0 saturated carbocycles. The van der Waals surface area contributed by atoms with Crippen molar-refractivity contribution in [1.29, 1.82) is 0 Å². The van der Waals surface area contributed by atoms with Crippen LogP contribution in [-0.4, -0.2) is 41.4 Å². The molecule has 1 aromatic carbocycles. The Morgan fingerprint density at radius 3 is 2.36 bits per heavy atom. The predicted octanol–water partition coefficient (Wildman–Crippen LogP) is 1.45. The van der Waals surface area contributed by atoms with Crippen molar-refractivity contribution in [3.05, 3.63) is 35.4 Å². The molecule has 0 unspecified atom stereocenters. The van der Waals surface area contributed by atoms with E-state index in [1.807, 2.05) is 31.2 Å². The van der Waals surface area contributed by atoms with Gasteiger partial charge in [0, 0.05) is 24.7 Å². The topological polar surface area (TPSA) is 75.4 Å². The summed E-state index contributed by atoms with van der Waals surface area (Å²) in [7, 11) is 0. The highest BCUT2D eigenvalue weighted by atomic mass is 16.2. The van der Waals surface area contributed by atoms with E-state index in [2.05, 4.69) is 5.32 Å². The zero-order valence-electron chi connectivity index (χ0n) is 13.6. The molecular formula is C17H25N3O2. The molecule has 1 aliphatic heterocycles. The smallest absolute Gasteiger partial charge is 0.251 e. The average Bonchev–Trinajstić information content (AvgIpc) is 2.46. The highest BCUT2D eigenvalue weighted by Crippen LogP contribution is 2.15. The number of hydrogen-bond acceptors (Lipinski definition) is 3. The number of rotatable bonds is 3. The van der Waals surface area contributed by atoms with Crippen LogP contribution in [-0.2, 0) is 4.79 Å². The standard InChI is InChI=1S/C17H25N3O2/c1-12-6-4-5-7-14(12)15(21)19-13-8-10-20(11-9-13)16(22)17(2,3)18/h4-7,13H,8-11,18H2,1-3H3,(H,19,21). The summed E-state index contributed by atoms with van der Waals surface area (Å²) in [5.74, 6) is -0.0711. The Labute approximate surface area is 131 Å². The lowest BCUT2D eigenvalue weighted by Gasteiger charge is -2.35. The Morgan fingerprint density at radius 2 is 1.82 bits per heavy atom. The summed E-state index contributed by atoms with van der Waals surface area (Å²) >= 11 is 0.